The molecular formula is C18H21Cl2N5O2. The molecule has 0 saturated carbocycles. The molecule has 0 aliphatic carbocycles. The van der Waals surface area contributed by atoms with E-state index in [1.807, 2.05) is 41.0 Å². The van der Waals surface area contributed by atoms with Gasteiger partial charge in [-0.2, -0.15) is 0 Å². The molecule has 1 amide bonds. The number of nitrogens with zero attached hydrogens (tertiary/aromatic N) is 3. The Hall–Kier alpha value is -2.19. The Morgan fingerprint density at radius 1 is 1.11 bits per heavy atom. The highest BCUT2D eigenvalue weighted by Crippen LogP contribution is 2.21. The Bertz CT molecular complexity index is 908. The second kappa shape index (κ2) is 8.67. The maximum absolute atomic E-state index is 12.4. The number of ether oxygens (including phenoxy) is 1. The Balaban J connectivity index is 0.00000131. The number of nitrogens with one attached hydrogen (secondary N) is 1. The van der Waals surface area contributed by atoms with Crippen molar-refractivity contribution in [2.75, 3.05) is 18.5 Å². The van der Waals surface area contributed by atoms with Gasteiger partial charge in [-0.05, 0) is 37.1 Å². The third-order valence-electron chi connectivity index (χ3n) is 4.54. The van der Waals surface area contributed by atoms with Crippen LogP contribution in [-0.4, -0.2) is 39.2 Å². The van der Waals surface area contributed by atoms with E-state index in [1.54, 1.807) is 12.5 Å². The molecule has 3 N–H and O–H groups in total. The third-order valence-corrected chi connectivity index (χ3v) is 4.54. The number of hydrogen-bond acceptors (Lipinski definition) is 5. The minimum atomic E-state index is -0.878. The minimum Gasteiger partial charge on any atom is -0.381 e. The molecular weight excluding hydrogens is 389 g/mol. The van der Waals surface area contributed by atoms with Crippen molar-refractivity contribution >= 4 is 47.4 Å². The van der Waals surface area contributed by atoms with Crippen LogP contribution in [0.1, 0.15) is 12.8 Å². The summed E-state index contributed by atoms with van der Waals surface area (Å²) in [5, 5.41) is 2.85. The molecule has 4 rings (SSSR count). The quantitative estimate of drug-likeness (QED) is 0.693. The number of nitrogens with two attached hydrogens (primary N) is 1. The van der Waals surface area contributed by atoms with Crippen LogP contribution in [0.15, 0.2) is 48.9 Å². The van der Waals surface area contributed by atoms with Gasteiger partial charge in [-0.25, -0.2) is 9.97 Å². The first-order valence-electron chi connectivity index (χ1n) is 8.22. The number of carbonyl (C=O) groups excluding carboxylic acids is 1. The van der Waals surface area contributed by atoms with E-state index in [2.05, 4.69) is 15.3 Å². The zero-order chi connectivity index (χ0) is 17.3. The lowest BCUT2D eigenvalue weighted by Gasteiger charge is -2.31. The Labute approximate surface area is 169 Å². The van der Waals surface area contributed by atoms with Crippen molar-refractivity contribution in [2.24, 2.45) is 5.73 Å². The molecule has 1 aliphatic heterocycles. The Morgan fingerprint density at radius 2 is 1.85 bits per heavy atom. The summed E-state index contributed by atoms with van der Waals surface area (Å²) in [6.07, 6.45) is 4.41. The van der Waals surface area contributed by atoms with Crippen molar-refractivity contribution in [3.8, 4) is 5.82 Å². The highest BCUT2D eigenvalue weighted by molar-refractivity contribution is 5.98. The molecule has 2 aromatic heterocycles. The lowest BCUT2D eigenvalue weighted by atomic mass is 9.90. The maximum Gasteiger partial charge on any atom is 0.244 e. The first kappa shape index (κ1) is 21.1. The van der Waals surface area contributed by atoms with Gasteiger partial charge >= 0.3 is 0 Å². The molecule has 0 bridgehead atoms. The van der Waals surface area contributed by atoms with Gasteiger partial charge in [-0.3, -0.25) is 9.36 Å². The summed E-state index contributed by atoms with van der Waals surface area (Å²) in [5.41, 5.74) is 7.83. The lowest BCUT2D eigenvalue weighted by Crippen LogP contribution is -2.54. The van der Waals surface area contributed by atoms with Crippen LogP contribution >= 0.6 is 24.8 Å². The van der Waals surface area contributed by atoms with E-state index in [0.717, 1.165) is 16.9 Å². The van der Waals surface area contributed by atoms with Crippen LogP contribution in [0.4, 0.5) is 5.69 Å². The van der Waals surface area contributed by atoms with Crippen molar-refractivity contribution in [1.82, 2.24) is 14.5 Å². The Morgan fingerprint density at radius 3 is 2.56 bits per heavy atom. The van der Waals surface area contributed by atoms with E-state index < -0.39 is 5.54 Å². The van der Waals surface area contributed by atoms with Crippen LogP contribution in [0.25, 0.3) is 16.9 Å². The number of aromatic nitrogens is 3. The van der Waals surface area contributed by atoms with Gasteiger partial charge in [0.2, 0.25) is 5.91 Å². The predicted octanol–water partition coefficient (Wildman–Crippen LogP) is 2.71. The fourth-order valence-electron chi connectivity index (χ4n) is 2.96. The van der Waals surface area contributed by atoms with Gasteiger partial charge in [0, 0.05) is 13.2 Å². The van der Waals surface area contributed by atoms with E-state index in [0.29, 0.717) is 31.7 Å². The van der Waals surface area contributed by atoms with Gasteiger partial charge in [0.25, 0.3) is 0 Å². The summed E-state index contributed by atoms with van der Waals surface area (Å²) in [5.74, 6) is 0.540. The van der Waals surface area contributed by atoms with E-state index in [-0.39, 0.29) is 30.7 Å². The SMILES string of the molecule is Cl.Cl.NC1(C(=O)Nc2ccc(-n3cnc4ccccc43)nc2)CCOCC1. The van der Waals surface area contributed by atoms with E-state index in [9.17, 15) is 4.79 Å². The molecule has 3 heterocycles. The van der Waals surface area contributed by atoms with Gasteiger partial charge in [-0.1, -0.05) is 12.1 Å². The van der Waals surface area contributed by atoms with Crippen LogP contribution in [0, 0.1) is 0 Å². The number of pyridine rings is 1. The van der Waals surface area contributed by atoms with Crippen LogP contribution in [0.3, 0.4) is 0 Å². The number of hydrogen-bond donors (Lipinski definition) is 2. The van der Waals surface area contributed by atoms with Crippen LogP contribution in [0.2, 0.25) is 0 Å². The number of rotatable bonds is 3. The molecule has 0 atom stereocenters. The molecule has 3 aromatic rings. The smallest absolute Gasteiger partial charge is 0.244 e. The van der Waals surface area contributed by atoms with Crippen LogP contribution < -0.4 is 11.1 Å². The molecule has 0 radical (unpaired) electrons. The second-order valence-electron chi connectivity index (χ2n) is 6.23. The molecule has 1 aliphatic rings. The fraction of sp³-hybridized carbons (Fsp3) is 0.278. The van der Waals surface area contributed by atoms with E-state index in [1.165, 1.54) is 0 Å². The highest BCUT2D eigenvalue weighted by Gasteiger charge is 2.35. The number of carbonyl (C=O) groups is 1. The summed E-state index contributed by atoms with van der Waals surface area (Å²) >= 11 is 0. The summed E-state index contributed by atoms with van der Waals surface area (Å²) in [4.78, 5) is 21.2. The molecule has 1 aromatic carbocycles. The predicted molar refractivity (Wildman–Crippen MR) is 109 cm³/mol. The Kier molecular flexibility index (Phi) is 6.78. The average molecular weight is 410 g/mol. The average Bonchev–Trinajstić information content (AvgIpc) is 3.07. The molecule has 0 unspecified atom stereocenters. The van der Waals surface area contributed by atoms with Gasteiger partial charge in [-0.15, -0.1) is 24.8 Å². The monoisotopic (exact) mass is 409 g/mol. The molecule has 7 nitrogen and oxygen atoms in total. The van der Waals surface area contributed by atoms with Crippen molar-refractivity contribution in [1.29, 1.82) is 0 Å². The standard InChI is InChI=1S/C18H19N5O2.2ClH/c19-18(7-9-25-10-8-18)17(24)22-13-5-6-16(20-11-13)23-12-21-14-3-1-2-4-15(14)23;;/h1-6,11-12H,7-10,19H2,(H,22,24);2*1H. The summed E-state index contributed by atoms with van der Waals surface area (Å²) in [6, 6.07) is 11.5. The van der Waals surface area contributed by atoms with Crippen molar-refractivity contribution in [2.45, 2.75) is 18.4 Å². The highest BCUT2D eigenvalue weighted by atomic mass is 35.5. The topological polar surface area (TPSA) is 95.1 Å². The normalized spacial score (nSPS) is 15.4. The van der Waals surface area contributed by atoms with Crippen LogP contribution in [-0.2, 0) is 9.53 Å². The lowest BCUT2D eigenvalue weighted by molar-refractivity contribution is -0.124. The van der Waals surface area contributed by atoms with Crippen molar-refractivity contribution in [3.63, 3.8) is 0 Å². The summed E-state index contributed by atoms with van der Waals surface area (Å²) in [7, 11) is 0. The second-order valence-corrected chi connectivity index (χ2v) is 6.23. The maximum atomic E-state index is 12.4. The number of imidazole rings is 1. The van der Waals surface area contributed by atoms with Gasteiger partial charge in [0.1, 0.15) is 17.7 Å². The zero-order valence-electron chi connectivity index (χ0n) is 14.5. The number of anilines is 1. The number of fused-ring (bicyclic) bond motifs is 1. The number of para-hydroxylation sites is 2. The minimum absolute atomic E-state index is 0. The van der Waals surface area contributed by atoms with E-state index in [4.69, 9.17) is 10.5 Å². The molecule has 1 saturated heterocycles. The van der Waals surface area contributed by atoms with E-state index >= 15 is 0 Å². The van der Waals surface area contributed by atoms with Crippen molar-refractivity contribution < 1.29 is 9.53 Å². The largest absolute Gasteiger partial charge is 0.381 e. The zero-order valence-corrected chi connectivity index (χ0v) is 16.1. The first-order chi connectivity index (χ1) is 12.2. The first-order valence-corrected chi connectivity index (χ1v) is 8.22. The molecule has 0 spiro atoms. The summed E-state index contributed by atoms with van der Waals surface area (Å²) < 4.78 is 7.18. The van der Waals surface area contributed by atoms with Crippen LogP contribution in [0.5, 0.6) is 0 Å². The fourth-order valence-corrected chi connectivity index (χ4v) is 2.96. The third kappa shape index (κ3) is 4.22. The number of benzene rings is 1. The van der Waals surface area contributed by atoms with Gasteiger partial charge in [0.15, 0.2) is 0 Å². The van der Waals surface area contributed by atoms with Gasteiger partial charge in [0.05, 0.1) is 22.9 Å². The molecule has 1 fully saturated rings. The molecule has 27 heavy (non-hydrogen) atoms. The van der Waals surface area contributed by atoms with Crippen molar-refractivity contribution in [3.05, 3.63) is 48.9 Å². The molecule has 9 heteroatoms. The molecule has 144 valence electrons. The summed E-state index contributed by atoms with van der Waals surface area (Å²) in [6.45, 7) is 1.02. The van der Waals surface area contributed by atoms with Gasteiger partial charge < -0.3 is 15.8 Å². The number of halogens is 2. The number of amides is 1.